The number of nitrogens with one attached hydrogen (secondary N) is 1. The van der Waals surface area contributed by atoms with Gasteiger partial charge in [-0.3, -0.25) is 0 Å². The third kappa shape index (κ3) is 3.13. The van der Waals surface area contributed by atoms with Crippen molar-refractivity contribution >= 4 is 11.3 Å². The van der Waals surface area contributed by atoms with Crippen LogP contribution in [0.1, 0.15) is 35.6 Å². The maximum atomic E-state index is 4.73. The lowest BCUT2D eigenvalue weighted by Crippen LogP contribution is -2.23. The summed E-state index contributed by atoms with van der Waals surface area (Å²) in [5, 5.41) is 7.94. The topological polar surface area (TPSA) is 29.9 Å². The fourth-order valence-electron chi connectivity index (χ4n) is 3.02. The van der Waals surface area contributed by atoms with Gasteiger partial charge in [-0.1, -0.05) is 0 Å². The van der Waals surface area contributed by atoms with Crippen LogP contribution in [0.4, 0.5) is 0 Å². The average molecular weight is 289 g/mol. The van der Waals surface area contributed by atoms with Gasteiger partial charge in [-0.05, 0) is 68.0 Å². The molecule has 1 N–H and O–H groups in total. The number of aromatic nitrogens is 2. The van der Waals surface area contributed by atoms with Crippen LogP contribution in [0.2, 0.25) is 0 Å². The quantitative estimate of drug-likeness (QED) is 0.829. The van der Waals surface area contributed by atoms with E-state index in [0.29, 0.717) is 0 Å². The van der Waals surface area contributed by atoms with E-state index < -0.39 is 0 Å². The summed E-state index contributed by atoms with van der Waals surface area (Å²) < 4.78 is 2.42. The molecule has 0 aliphatic heterocycles. The largest absolute Gasteiger partial charge is 0.331 e. The summed E-state index contributed by atoms with van der Waals surface area (Å²) in [6, 6.07) is 2.21. The van der Waals surface area contributed by atoms with E-state index in [2.05, 4.69) is 33.6 Å². The predicted octanol–water partition coefficient (Wildman–Crippen LogP) is 2.96. The number of imidazole rings is 1. The van der Waals surface area contributed by atoms with Gasteiger partial charge in [0.1, 0.15) is 5.82 Å². The van der Waals surface area contributed by atoms with Crippen LogP contribution in [0.15, 0.2) is 16.8 Å². The van der Waals surface area contributed by atoms with Gasteiger partial charge in [0.15, 0.2) is 0 Å². The second-order valence-corrected chi connectivity index (χ2v) is 6.32. The summed E-state index contributed by atoms with van der Waals surface area (Å²) in [6.45, 7) is 5.29. The summed E-state index contributed by atoms with van der Waals surface area (Å²) in [6.07, 6.45) is 6.15. The van der Waals surface area contributed by atoms with E-state index in [1.807, 2.05) is 0 Å². The van der Waals surface area contributed by atoms with Crippen LogP contribution in [-0.2, 0) is 25.8 Å². The van der Waals surface area contributed by atoms with Crippen molar-refractivity contribution < 1.29 is 0 Å². The molecule has 0 amide bonds. The summed E-state index contributed by atoms with van der Waals surface area (Å²) in [5.41, 5.74) is 4.29. The Bertz CT molecular complexity index is 542. The van der Waals surface area contributed by atoms with Gasteiger partial charge in [-0.15, -0.1) is 0 Å². The highest BCUT2D eigenvalue weighted by atomic mass is 32.1. The highest BCUT2D eigenvalue weighted by molar-refractivity contribution is 7.07. The van der Waals surface area contributed by atoms with E-state index in [1.165, 1.54) is 48.5 Å². The summed E-state index contributed by atoms with van der Waals surface area (Å²) in [7, 11) is 0. The first-order chi connectivity index (χ1) is 9.84. The Morgan fingerprint density at radius 3 is 3.05 bits per heavy atom. The molecule has 0 atom stereocenters. The van der Waals surface area contributed by atoms with Gasteiger partial charge in [0, 0.05) is 18.8 Å². The minimum absolute atomic E-state index is 1.04. The summed E-state index contributed by atoms with van der Waals surface area (Å²) >= 11 is 1.78. The van der Waals surface area contributed by atoms with Gasteiger partial charge in [0.25, 0.3) is 0 Å². The molecule has 0 saturated heterocycles. The first-order valence-electron chi connectivity index (χ1n) is 7.61. The Kier molecular flexibility index (Phi) is 4.53. The summed E-state index contributed by atoms with van der Waals surface area (Å²) in [4.78, 5) is 4.73. The average Bonchev–Trinajstić information content (AvgIpc) is 3.06. The van der Waals surface area contributed by atoms with E-state index in [-0.39, 0.29) is 0 Å². The van der Waals surface area contributed by atoms with Crippen molar-refractivity contribution in [1.82, 2.24) is 14.9 Å². The van der Waals surface area contributed by atoms with Gasteiger partial charge in [-0.25, -0.2) is 4.98 Å². The smallest absolute Gasteiger partial charge is 0.106 e. The molecule has 0 unspecified atom stereocenters. The molecular formula is C16H23N3S. The Morgan fingerprint density at radius 2 is 2.20 bits per heavy atom. The fourth-order valence-corrected chi connectivity index (χ4v) is 3.72. The Balaban J connectivity index is 1.47. The molecule has 0 spiro atoms. The van der Waals surface area contributed by atoms with E-state index in [0.717, 1.165) is 26.1 Å². The molecule has 0 bridgehead atoms. The predicted molar refractivity (Wildman–Crippen MR) is 84.5 cm³/mol. The van der Waals surface area contributed by atoms with Gasteiger partial charge >= 0.3 is 0 Å². The second-order valence-electron chi connectivity index (χ2n) is 5.54. The van der Waals surface area contributed by atoms with E-state index in [1.54, 1.807) is 11.3 Å². The molecule has 2 heterocycles. The monoisotopic (exact) mass is 289 g/mol. The third-order valence-electron chi connectivity index (χ3n) is 4.11. The number of hydrogen-bond donors (Lipinski definition) is 1. The Hall–Kier alpha value is -1.13. The van der Waals surface area contributed by atoms with Crippen LogP contribution in [0, 0.1) is 6.92 Å². The third-order valence-corrected chi connectivity index (χ3v) is 4.84. The molecule has 1 aliphatic rings. The Labute approximate surface area is 125 Å². The molecule has 3 rings (SSSR count). The molecule has 1 aliphatic carbocycles. The zero-order chi connectivity index (χ0) is 13.8. The lowest BCUT2D eigenvalue weighted by molar-refractivity contribution is 0.556. The Morgan fingerprint density at radius 1 is 1.30 bits per heavy atom. The molecule has 0 radical (unpaired) electrons. The zero-order valence-electron chi connectivity index (χ0n) is 12.2. The number of fused-ring (bicyclic) bond motifs is 1. The van der Waals surface area contributed by atoms with E-state index >= 15 is 0 Å². The van der Waals surface area contributed by atoms with Crippen molar-refractivity contribution in [1.29, 1.82) is 0 Å². The molecule has 4 heteroatoms. The van der Waals surface area contributed by atoms with Gasteiger partial charge in [0.05, 0.1) is 5.69 Å². The SMILES string of the molecule is Cc1nc2c(n1CCNCCc1ccsc1)CCCC2. The van der Waals surface area contributed by atoms with Gasteiger partial charge < -0.3 is 9.88 Å². The van der Waals surface area contributed by atoms with Gasteiger partial charge in [-0.2, -0.15) is 11.3 Å². The number of hydrogen-bond acceptors (Lipinski definition) is 3. The second kappa shape index (κ2) is 6.55. The van der Waals surface area contributed by atoms with Crippen LogP contribution >= 0.6 is 11.3 Å². The van der Waals surface area contributed by atoms with E-state index in [9.17, 15) is 0 Å². The molecule has 0 saturated carbocycles. The molecule has 108 valence electrons. The maximum absolute atomic E-state index is 4.73. The van der Waals surface area contributed by atoms with Gasteiger partial charge in [0.2, 0.25) is 0 Å². The van der Waals surface area contributed by atoms with Crippen molar-refractivity contribution in [3.63, 3.8) is 0 Å². The van der Waals surface area contributed by atoms with Crippen LogP contribution in [0.3, 0.4) is 0 Å². The standard InChI is InChI=1S/C16H23N3S/c1-13-18-15-4-2-3-5-16(15)19(13)10-9-17-8-6-14-7-11-20-12-14/h7,11-12,17H,2-6,8-10H2,1H3. The van der Waals surface area contributed by atoms with Crippen LogP contribution in [0.25, 0.3) is 0 Å². The molecular weight excluding hydrogens is 266 g/mol. The van der Waals surface area contributed by atoms with Crippen LogP contribution in [0.5, 0.6) is 0 Å². The van der Waals surface area contributed by atoms with Crippen molar-refractivity contribution in [2.24, 2.45) is 0 Å². The van der Waals surface area contributed by atoms with E-state index in [4.69, 9.17) is 4.98 Å². The molecule has 2 aromatic heterocycles. The minimum Gasteiger partial charge on any atom is -0.331 e. The number of aryl methyl sites for hydroxylation is 2. The molecule has 2 aromatic rings. The van der Waals surface area contributed by atoms with Crippen molar-refractivity contribution in [2.75, 3.05) is 13.1 Å². The summed E-state index contributed by atoms with van der Waals surface area (Å²) in [5.74, 6) is 1.19. The fraction of sp³-hybridized carbons (Fsp3) is 0.562. The molecule has 20 heavy (non-hydrogen) atoms. The maximum Gasteiger partial charge on any atom is 0.106 e. The van der Waals surface area contributed by atoms with Crippen molar-refractivity contribution in [3.8, 4) is 0 Å². The number of nitrogens with zero attached hydrogens (tertiary/aromatic N) is 2. The normalized spacial score (nSPS) is 14.4. The number of thiophene rings is 1. The molecule has 0 aromatic carbocycles. The number of rotatable bonds is 6. The lowest BCUT2D eigenvalue weighted by Gasteiger charge is -2.15. The first kappa shape index (κ1) is 13.8. The van der Waals surface area contributed by atoms with Crippen molar-refractivity contribution in [2.45, 2.75) is 45.6 Å². The first-order valence-corrected chi connectivity index (χ1v) is 8.55. The zero-order valence-corrected chi connectivity index (χ0v) is 13.0. The minimum atomic E-state index is 1.04. The van der Waals surface area contributed by atoms with Crippen molar-refractivity contribution in [3.05, 3.63) is 39.6 Å². The molecule has 3 nitrogen and oxygen atoms in total. The molecule has 0 fully saturated rings. The van der Waals surface area contributed by atoms with Crippen LogP contribution < -0.4 is 5.32 Å². The highest BCUT2D eigenvalue weighted by Gasteiger charge is 2.17. The highest BCUT2D eigenvalue weighted by Crippen LogP contribution is 2.21. The van der Waals surface area contributed by atoms with Crippen LogP contribution in [-0.4, -0.2) is 22.6 Å². The lowest BCUT2D eigenvalue weighted by atomic mass is 10.0.